The molecule has 14 heavy (non-hydrogen) atoms. The molecule has 0 aliphatic heterocycles. The lowest BCUT2D eigenvalue weighted by molar-refractivity contribution is -0.140. The zero-order chi connectivity index (χ0) is 10.6. The molecule has 4 nitrogen and oxygen atoms in total. The number of thioether (sulfide) groups is 1. The molecule has 0 aromatic carbocycles. The number of aliphatic carboxylic acids is 1. The molecule has 0 aliphatic carbocycles. The van der Waals surface area contributed by atoms with Gasteiger partial charge in [0.15, 0.2) is 0 Å². The number of carbonyl (C=O) groups is 1. The van der Waals surface area contributed by atoms with Crippen LogP contribution in [0.15, 0.2) is 23.4 Å². The average molecular weight is 212 g/mol. The number of rotatable bonds is 4. The van der Waals surface area contributed by atoms with Crippen LogP contribution < -0.4 is 5.73 Å². The summed E-state index contributed by atoms with van der Waals surface area (Å²) in [6.45, 7) is 1.66. The van der Waals surface area contributed by atoms with Gasteiger partial charge in [0, 0.05) is 11.9 Å². The van der Waals surface area contributed by atoms with Gasteiger partial charge in [-0.3, -0.25) is 4.79 Å². The molecule has 0 saturated heterocycles. The summed E-state index contributed by atoms with van der Waals surface area (Å²) in [6, 6.07) is 3.50. The minimum absolute atomic E-state index is 0.388. The summed E-state index contributed by atoms with van der Waals surface area (Å²) in [5.74, 6) is -0.704. The molecule has 1 unspecified atom stereocenters. The fraction of sp³-hybridized carbons (Fsp3) is 0.333. The van der Waals surface area contributed by atoms with Crippen molar-refractivity contribution in [2.75, 3.05) is 11.5 Å². The van der Waals surface area contributed by atoms with Crippen molar-refractivity contribution in [1.82, 2.24) is 4.98 Å². The van der Waals surface area contributed by atoms with Crippen LogP contribution in [0.1, 0.15) is 6.92 Å². The number of pyridine rings is 1. The van der Waals surface area contributed by atoms with Crippen LogP contribution in [0.3, 0.4) is 0 Å². The standard InChI is InChI=1S/C9H12N2O2S/c1-6(9(12)13)5-14-8-7(10)3-2-4-11-8/h2-4,6H,5,10H2,1H3,(H,12,13). The van der Waals surface area contributed by atoms with Gasteiger partial charge in [-0.2, -0.15) is 0 Å². The molecule has 0 spiro atoms. The molecule has 1 heterocycles. The van der Waals surface area contributed by atoms with Crippen LogP contribution in [0, 0.1) is 5.92 Å². The Morgan fingerprint density at radius 2 is 2.50 bits per heavy atom. The molecule has 0 radical (unpaired) electrons. The number of hydrogen-bond donors (Lipinski definition) is 2. The minimum Gasteiger partial charge on any atom is -0.481 e. The zero-order valence-electron chi connectivity index (χ0n) is 7.80. The van der Waals surface area contributed by atoms with Crippen LogP contribution in [-0.2, 0) is 4.79 Å². The number of nitrogen functional groups attached to an aromatic ring is 1. The maximum atomic E-state index is 10.5. The van der Waals surface area contributed by atoms with E-state index in [1.165, 1.54) is 11.8 Å². The summed E-state index contributed by atoms with van der Waals surface area (Å²) in [5, 5.41) is 9.36. The monoisotopic (exact) mass is 212 g/mol. The molecule has 0 fully saturated rings. The number of aromatic nitrogens is 1. The molecular formula is C9H12N2O2S. The quantitative estimate of drug-likeness (QED) is 0.739. The maximum Gasteiger partial charge on any atom is 0.307 e. The van der Waals surface area contributed by atoms with Crippen LogP contribution >= 0.6 is 11.8 Å². The molecule has 5 heteroatoms. The third kappa shape index (κ3) is 2.92. The lowest BCUT2D eigenvalue weighted by Crippen LogP contribution is -2.12. The van der Waals surface area contributed by atoms with Gasteiger partial charge in [-0.25, -0.2) is 4.98 Å². The predicted octanol–water partition coefficient (Wildman–Crippen LogP) is 1.48. The van der Waals surface area contributed by atoms with Gasteiger partial charge < -0.3 is 10.8 Å². The van der Waals surface area contributed by atoms with Crippen molar-refractivity contribution >= 4 is 23.4 Å². The Bertz CT molecular complexity index is 330. The maximum absolute atomic E-state index is 10.5. The van der Waals surface area contributed by atoms with E-state index >= 15 is 0 Å². The van der Waals surface area contributed by atoms with Crippen molar-refractivity contribution in [1.29, 1.82) is 0 Å². The smallest absolute Gasteiger partial charge is 0.307 e. The third-order valence-corrected chi connectivity index (χ3v) is 2.97. The second-order valence-corrected chi connectivity index (χ2v) is 3.96. The van der Waals surface area contributed by atoms with E-state index in [1.807, 2.05) is 0 Å². The van der Waals surface area contributed by atoms with Crippen molar-refractivity contribution in [3.05, 3.63) is 18.3 Å². The van der Waals surface area contributed by atoms with Crippen molar-refractivity contribution in [3.63, 3.8) is 0 Å². The molecule has 0 amide bonds. The van der Waals surface area contributed by atoms with E-state index in [4.69, 9.17) is 10.8 Å². The molecule has 1 aromatic rings. The molecular weight excluding hydrogens is 200 g/mol. The first-order chi connectivity index (χ1) is 6.61. The largest absolute Gasteiger partial charge is 0.481 e. The number of hydrogen-bond acceptors (Lipinski definition) is 4. The first-order valence-electron chi connectivity index (χ1n) is 4.17. The molecule has 1 aromatic heterocycles. The van der Waals surface area contributed by atoms with Crippen LogP contribution in [0.2, 0.25) is 0 Å². The van der Waals surface area contributed by atoms with Gasteiger partial charge in [-0.05, 0) is 12.1 Å². The number of nitrogens with two attached hydrogens (primary N) is 1. The van der Waals surface area contributed by atoms with E-state index in [0.29, 0.717) is 16.5 Å². The number of carboxylic acids is 1. The minimum atomic E-state index is -0.799. The van der Waals surface area contributed by atoms with Gasteiger partial charge in [0.25, 0.3) is 0 Å². The lowest BCUT2D eigenvalue weighted by atomic mass is 10.2. The summed E-state index contributed by atoms with van der Waals surface area (Å²) >= 11 is 1.37. The number of carboxylic acid groups (broad SMARTS) is 1. The normalized spacial score (nSPS) is 12.4. The molecule has 0 aliphatic rings. The number of nitrogens with zero attached hydrogens (tertiary/aromatic N) is 1. The second-order valence-electron chi connectivity index (χ2n) is 2.95. The van der Waals surface area contributed by atoms with Gasteiger partial charge in [-0.1, -0.05) is 6.92 Å². The van der Waals surface area contributed by atoms with E-state index in [9.17, 15) is 4.79 Å². The highest BCUT2D eigenvalue weighted by Crippen LogP contribution is 2.23. The van der Waals surface area contributed by atoms with Gasteiger partial charge in [-0.15, -0.1) is 11.8 Å². The van der Waals surface area contributed by atoms with Crippen molar-refractivity contribution < 1.29 is 9.90 Å². The van der Waals surface area contributed by atoms with Crippen LogP contribution in [-0.4, -0.2) is 21.8 Å². The van der Waals surface area contributed by atoms with E-state index in [1.54, 1.807) is 25.3 Å². The molecule has 1 atom stereocenters. The first kappa shape index (κ1) is 10.8. The summed E-state index contributed by atoms with van der Waals surface area (Å²) < 4.78 is 0. The highest BCUT2D eigenvalue weighted by molar-refractivity contribution is 7.99. The Morgan fingerprint density at radius 3 is 3.07 bits per heavy atom. The Kier molecular flexibility index (Phi) is 3.76. The topological polar surface area (TPSA) is 76.2 Å². The second kappa shape index (κ2) is 4.85. The predicted molar refractivity (Wildman–Crippen MR) is 56.2 cm³/mol. The highest BCUT2D eigenvalue weighted by atomic mass is 32.2. The van der Waals surface area contributed by atoms with Crippen LogP contribution in [0.25, 0.3) is 0 Å². The highest BCUT2D eigenvalue weighted by Gasteiger charge is 2.12. The van der Waals surface area contributed by atoms with Crippen LogP contribution in [0.5, 0.6) is 0 Å². The van der Waals surface area contributed by atoms with Crippen molar-refractivity contribution in [3.8, 4) is 0 Å². The van der Waals surface area contributed by atoms with Crippen molar-refractivity contribution in [2.45, 2.75) is 11.9 Å². The summed E-state index contributed by atoms with van der Waals surface area (Å²) in [4.78, 5) is 14.6. The Hall–Kier alpha value is -1.23. The van der Waals surface area contributed by atoms with E-state index < -0.39 is 5.97 Å². The lowest BCUT2D eigenvalue weighted by Gasteiger charge is -2.06. The summed E-state index contributed by atoms with van der Waals surface area (Å²) in [7, 11) is 0. The van der Waals surface area contributed by atoms with Crippen LogP contribution in [0.4, 0.5) is 5.69 Å². The molecule has 0 saturated carbocycles. The molecule has 1 rings (SSSR count). The first-order valence-corrected chi connectivity index (χ1v) is 5.16. The van der Waals surface area contributed by atoms with E-state index in [-0.39, 0.29) is 5.92 Å². The Labute approximate surface area is 86.5 Å². The fourth-order valence-electron chi connectivity index (χ4n) is 0.799. The SMILES string of the molecule is CC(CSc1ncccc1N)C(=O)O. The average Bonchev–Trinajstić information content (AvgIpc) is 2.16. The summed E-state index contributed by atoms with van der Waals surface area (Å²) in [6.07, 6.45) is 1.64. The molecule has 3 N–H and O–H groups in total. The van der Waals surface area contributed by atoms with Gasteiger partial charge in [0.05, 0.1) is 11.6 Å². The van der Waals surface area contributed by atoms with E-state index in [2.05, 4.69) is 4.98 Å². The molecule has 76 valence electrons. The zero-order valence-corrected chi connectivity index (χ0v) is 8.62. The van der Waals surface area contributed by atoms with Gasteiger partial charge in [0.2, 0.25) is 0 Å². The third-order valence-electron chi connectivity index (χ3n) is 1.69. The molecule has 0 bridgehead atoms. The summed E-state index contributed by atoms with van der Waals surface area (Å²) in [5.41, 5.74) is 6.24. The van der Waals surface area contributed by atoms with Gasteiger partial charge in [0.1, 0.15) is 5.03 Å². The van der Waals surface area contributed by atoms with Gasteiger partial charge >= 0.3 is 5.97 Å². The fourth-order valence-corrected chi connectivity index (χ4v) is 1.72. The Balaban J connectivity index is 2.54. The van der Waals surface area contributed by atoms with E-state index in [0.717, 1.165) is 0 Å². The Morgan fingerprint density at radius 1 is 1.79 bits per heavy atom. The van der Waals surface area contributed by atoms with Crippen molar-refractivity contribution in [2.24, 2.45) is 5.92 Å². The number of anilines is 1.